The lowest BCUT2D eigenvalue weighted by Crippen LogP contribution is -2.07. The fourth-order valence-corrected chi connectivity index (χ4v) is 3.03. The number of fused-ring (bicyclic) bond motifs is 1. The van der Waals surface area contributed by atoms with Crippen molar-refractivity contribution in [2.75, 3.05) is 0 Å². The van der Waals surface area contributed by atoms with Gasteiger partial charge in [-0.05, 0) is 12.1 Å². The predicted molar refractivity (Wildman–Crippen MR) is 85.9 cm³/mol. The summed E-state index contributed by atoms with van der Waals surface area (Å²) in [5.74, 6) is -1.14. The minimum absolute atomic E-state index is 0.0124. The Balaban J connectivity index is 2.04. The van der Waals surface area contributed by atoms with Crippen molar-refractivity contribution in [3.63, 3.8) is 0 Å². The summed E-state index contributed by atoms with van der Waals surface area (Å²) in [5, 5.41) is 14.9. The van der Waals surface area contributed by atoms with Gasteiger partial charge in [0, 0.05) is 34.8 Å². The normalized spacial score (nSPS) is 12.2. The molecule has 0 saturated heterocycles. The molecule has 0 atom stereocenters. The van der Waals surface area contributed by atoms with Gasteiger partial charge in [0.25, 0.3) is 0 Å². The number of aryl methyl sites for hydroxylation is 1. The van der Waals surface area contributed by atoms with Gasteiger partial charge >= 0.3 is 6.18 Å². The smallest absolute Gasteiger partial charge is 0.340 e. The lowest BCUT2D eigenvalue weighted by molar-refractivity contribution is -0.144. The second-order valence-corrected chi connectivity index (χ2v) is 5.89. The summed E-state index contributed by atoms with van der Waals surface area (Å²) in [5.41, 5.74) is 2.62. The SMILES string of the molecule is Cn1c(-c2nnc(C(F)(F)F)[nH]2)c(-c2cn[nH]c2)c2ccc(Cl)cc21. The highest BCUT2D eigenvalue weighted by molar-refractivity contribution is 6.31. The quantitative estimate of drug-likeness (QED) is 0.562. The Morgan fingerprint density at radius 3 is 2.64 bits per heavy atom. The minimum atomic E-state index is -4.60. The van der Waals surface area contributed by atoms with Gasteiger partial charge in [-0.25, -0.2) is 0 Å². The van der Waals surface area contributed by atoms with E-state index in [2.05, 4.69) is 25.4 Å². The highest BCUT2D eigenvalue weighted by atomic mass is 35.5. The number of nitrogens with zero attached hydrogens (tertiary/aromatic N) is 4. The van der Waals surface area contributed by atoms with Gasteiger partial charge in [-0.15, -0.1) is 10.2 Å². The van der Waals surface area contributed by atoms with Gasteiger partial charge in [-0.2, -0.15) is 18.3 Å². The molecule has 0 bridgehead atoms. The van der Waals surface area contributed by atoms with Crippen molar-refractivity contribution in [1.82, 2.24) is 29.9 Å². The monoisotopic (exact) mass is 366 g/mol. The maximum Gasteiger partial charge on any atom is 0.451 e. The Bertz CT molecular complexity index is 1060. The van der Waals surface area contributed by atoms with E-state index in [4.69, 9.17) is 11.6 Å². The zero-order valence-corrected chi connectivity index (χ0v) is 13.4. The van der Waals surface area contributed by atoms with E-state index in [0.29, 0.717) is 21.8 Å². The summed E-state index contributed by atoms with van der Waals surface area (Å²) in [6, 6.07) is 5.27. The second kappa shape index (κ2) is 5.35. The summed E-state index contributed by atoms with van der Waals surface area (Å²) in [4.78, 5) is 2.26. The number of rotatable bonds is 2. The third-order valence-electron chi connectivity index (χ3n) is 3.93. The Labute approximate surface area is 143 Å². The topological polar surface area (TPSA) is 75.2 Å². The Morgan fingerprint density at radius 1 is 1.20 bits per heavy atom. The van der Waals surface area contributed by atoms with E-state index in [1.807, 2.05) is 6.07 Å². The van der Waals surface area contributed by atoms with Crippen molar-refractivity contribution in [2.24, 2.45) is 7.05 Å². The fourth-order valence-electron chi connectivity index (χ4n) is 2.86. The molecule has 0 radical (unpaired) electrons. The van der Waals surface area contributed by atoms with Gasteiger partial charge in [0.15, 0.2) is 5.82 Å². The van der Waals surface area contributed by atoms with E-state index in [1.54, 1.807) is 36.1 Å². The largest absolute Gasteiger partial charge is 0.451 e. The molecule has 3 aromatic heterocycles. The first-order valence-corrected chi connectivity index (χ1v) is 7.51. The first-order valence-electron chi connectivity index (χ1n) is 7.13. The molecule has 0 amide bonds. The molecule has 25 heavy (non-hydrogen) atoms. The number of hydrogen-bond acceptors (Lipinski definition) is 3. The first-order chi connectivity index (χ1) is 11.9. The average molecular weight is 367 g/mol. The minimum Gasteiger partial charge on any atom is -0.340 e. The lowest BCUT2D eigenvalue weighted by atomic mass is 10.0. The number of aromatic amines is 2. The molecule has 0 aliphatic carbocycles. The Hall–Kier alpha value is -2.81. The van der Waals surface area contributed by atoms with Gasteiger partial charge in [-0.3, -0.25) is 5.10 Å². The summed E-state index contributed by atoms with van der Waals surface area (Å²) in [7, 11) is 1.73. The molecule has 10 heteroatoms. The number of hydrogen-bond donors (Lipinski definition) is 2. The third kappa shape index (κ3) is 2.47. The first kappa shape index (κ1) is 15.7. The number of benzene rings is 1. The molecular weight excluding hydrogens is 357 g/mol. The molecule has 2 N–H and O–H groups in total. The molecule has 0 saturated carbocycles. The van der Waals surface area contributed by atoms with Crippen LogP contribution in [0, 0.1) is 0 Å². The molecule has 6 nitrogen and oxygen atoms in total. The van der Waals surface area contributed by atoms with Crippen molar-refractivity contribution in [2.45, 2.75) is 6.18 Å². The van der Waals surface area contributed by atoms with Crippen LogP contribution in [0.15, 0.2) is 30.6 Å². The zero-order chi connectivity index (χ0) is 17.8. The molecular formula is C15H10ClF3N6. The number of halogens is 4. The molecule has 0 aliphatic rings. The lowest BCUT2D eigenvalue weighted by Gasteiger charge is -2.04. The van der Waals surface area contributed by atoms with Crippen molar-refractivity contribution in [3.8, 4) is 22.6 Å². The van der Waals surface area contributed by atoms with E-state index in [9.17, 15) is 13.2 Å². The molecule has 3 heterocycles. The van der Waals surface area contributed by atoms with Crippen LogP contribution < -0.4 is 0 Å². The maximum atomic E-state index is 12.9. The number of aromatic nitrogens is 6. The van der Waals surface area contributed by atoms with Gasteiger partial charge < -0.3 is 9.55 Å². The highest BCUT2D eigenvalue weighted by Gasteiger charge is 2.36. The number of H-pyrrole nitrogens is 2. The third-order valence-corrected chi connectivity index (χ3v) is 4.16. The van der Waals surface area contributed by atoms with Crippen LogP contribution in [0.25, 0.3) is 33.5 Å². The predicted octanol–water partition coefficient (Wildman–Crippen LogP) is 4.03. The van der Waals surface area contributed by atoms with Gasteiger partial charge in [-0.1, -0.05) is 17.7 Å². The molecule has 0 unspecified atom stereocenters. The van der Waals surface area contributed by atoms with Crippen molar-refractivity contribution in [3.05, 3.63) is 41.4 Å². The van der Waals surface area contributed by atoms with E-state index < -0.39 is 12.0 Å². The summed E-state index contributed by atoms with van der Waals surface area (Å²) in [6.45, 7) is 0. The number of alkyl halides is 3. The zero-order valence-electron chi connectivity index (χ0n) is 12.7. The molecule has 4 rings (SSSR count). The molecule has 4 aromatic rings. The van der Waals surface area contributed by atoms with E-state index in [1.165, 1.54) is 0 Å². The van der Waals surface area contributed by atoms with E-state index in [0.717, 1.165) is 10.9 Å². The van der Waals surface area contributed by atoms with Gasteiger partial charge in [0.05, 0.1) is 17.4 Å². The average Bonchev–Trinajstić information content (AvgIpc) is 3.26. The molecule has 0 spiro atoms. The van der Waals surface area contributed by atoms with Crippen LogP contribution in [0.2, 0.25) is 5.02 Å². The summed E-state index contributed by atoms with van der Waals surface area (Å²) >= 11 is 6.07. The van der Waals surface area contributed by atoms with Crippen LogP contribution in [0.3, 0.4) is 0 Å². The summed E-state index contributed by atoms with van der Waals surface area (Å²) < 4.78 is 40.4. The second-order valence-electron chi connectivity index (χ2n) is 5.45. The van der Waals surface area contributed by atoms with Crippen LogP contribution in [-0.2, 0) is 13.2 Å². The molecule has 1 aromatic carbocycles. The fraction of sp³-hybridized carbons (Fsp3) is 0.133. The standard InChI is InChI=1S/C15H10ClF3N6/c1-25-10-4-8(16)2-3-9(10)11(7-5-20-21-6-7)12(25)13-22-14(24-23-13)15(17,18)19/h2-6H,1H3,(H,20,21)(H,22,23,24). The summed E-state index contributed by atoms with van der Waals surface area (Å²) in [6.07, 6.45) is -1.35. The van der Waals surface area contributed by atoms with Crippen LogP contribution in [-0.4, -0.2) is 29.9 Å². The molecule has 0 fully saturated rings. The van der Waals surface area contributed by atoms with Crippen molar-refractivity contribution < 1.29 is 13.2 Å². The van der Waals surface area contributed by atoms with Crippen LogP contribution in [0.5, 0.6) is 0 Å². The van der Waals surface area contributed by atoms with Crippen LogP contribution in [0.1, 0.15) is 5.82 Å². The Morgan fingerprint density at radius 2 is 2.00 bits per heavy atom. The van der Waals surface area contributed by atoms with E-state index in [-0.39, 0.29) is 5.82 Å². The Kier molecular flexibility index (Phi) is 3.36. The van der Waals surface area contributed by atoms with Crippen molar-refractivity contribution in [1.29, 1.82) is 0 Å². The van der Waals surface area contributed by atoms with Crippen molar-refractivity contribution >= 4 is 22.5 Å². The van der Waals surface area contributed by atoms with Gasteiger partial charge in [0.1, 0.15) is 0 Å². The number of nitrogens with one attached hydrogen (secondary N) is 2. The highest BCUT2D eigenvalue weighted by Crippen LogP contribution is 2.40. The van der Waals surface area contributed by atoms with Gasteiger partial charge in [0.2, 0.25) is 5.82 Å². The molecule has 0 aliphatic heterocycles. The van der Waals surface area contributed by atoms with Crippen LogP contribution in [0.4, 0.5) is 13.2 Å². The maximum absolute atomic E-state index is 12.9. The molecule has 128 valence electrons. The van der Waals surface area contributed by atoms with E-state index >= 15 is 0 Å². The van der Waals surface area contributed by atoms with Crippen LogP contribution >= 0.6 is 11.6 Å².